The van der Waals surface area contributed by atoms with Crippen molar-refractivity contribution in [1.82, 2.24) is 9.88 Å². The molecule has 2 heterocycles. The molecule has 0 aliphatic rings. The largest absolute Gasteiger partial charge is 0.383 e. The van der Waals surface area contributed by atoms with E-state index in [9.17, 15) is 4.79 Å². The Balaban J connectivity index is 1.27. The van der Waals surface area contributed by atoms with E-state index in [0.717, 1.165) is 80.7 Å². The second-order valence-electron chi connectivity index (χ2n) is 10.1. The maximum Gasteiger partial charge on any atom is 0.197 e. The van der Waals surface area contributed by atoms with Gasteiger partial charge in [-0.3, -0.25) is 14.7 Å². The van der Waals surface area contributed by atoms with Gasteiger partial charge in [0.1, 0.15) is 0 Å². The maximum atomic E-state index is 13.4. The Kier molecular flexibility index (Phi) is 8.12. The van der Waals surface area contributed by atoms with E-state index in [0.29, 0.717) is 10.9 Å². The average Bonchev–Trinajstić information content (AvgIpc) is 2.90. The topological polar surface area (TPSA) is 57.3 Å². The molecule has 2 aromatic heterocycles. The summed E-state index contributed by atoms with van der Waals surface area (Å²) in [6.07, 6.45) is 1.82. The first kappa shape index (κ1) is 26.4. The third-order valence-corrected chi connectivity index (χ3v) is 8.28. The molecule has 0 bridgehead atoms. The van der Waals surface area contributed by atoms with Gasteiger partial charge in [-0.05, 0) is 60.9 Å². The number of benzene rings is 3. The van der Waals surface area contributed by atoms with E-state index < -0.39 is 0 Å². The Morgan fingerprint density at radius 1 is 0.947 bits per heavy atom. The summed E-state index contributed by atoms with van der Waals surface area (Å²) in [5, 5.41) is 10.5. The van der Waals surface area contributed by atoms with Crippen LogP contribution in [0.2, 0.25) is 5.02 Å². The van der Waals surface area contributed by atoms with Gasteiger partial charge >= 0.3 is 0 Å². The molecule has 5 aromatic rings. The maximum absolute atomic E-state index is 13.4. The number of aryl methyl sites for hydroxylation is 1. The van der Waals surface area contributed by atoms with E-state index in [4.69, 9.17) is 11.6 Å². The van der Waals surface area contributed by atoms with Crippen LogP contribution in [0.4, 0.5) is 11.4 Å². The second kappa shape index (κ2) is 11.7. The van der Waals surface area contributed by atoms with Crippen molar-refractivity contribution >= 4 is 65.4 Å². The molecular formula is C31H33ClN4OS. The number of rotatable bonds is 10. The highest BCUT2D eigenvalue weighted by molar-refractivity contribution is 7.24. The Bertz CT molecular complexity index is 1650. The third kappa shape index (κ3) is 5.78. The van der Waals surface area contributed by atoms with Gasteiger partial charge in [0.2, 0.25) is 0 Å². The lowest BCUT2D eigenvalue weighted by Gasteiger charge is -2.25. The molecule has 5 rings (SSSR count). The first-order valence-electron chi connectivity index (χ1n) is 13.1. The standard InChI is InChI=1S/C31H33ClN4OS/c1-20(2)19-36(16-14-34-25-12-13-33-27-18-22(32)9-10-23(25)27)17-15-35-26-11-8-21(3)31-29(26)30(37)24-6-4-5-7-28(24)38-31/h4-13,18,20,35H,14-17,19H2,1-3H3,(H,33,34). The predicted molar refractivity (Wildman–Crippen MR) is 165 cm³/mol. The molecule has 0 amide bonds. The van der Waals surface area contributed by atoms with Crippen LogP contribution < -0.4 is 16.1 Å². The van der Waals surface area contributed by atoms with Gasteiger partial charge in [-0.25, -0.2) is 0 Å². The van der Waals surface area contributed by atoms with Crippen molar-refractivity contribution in [2.45, 2.75) is 20.8 Å². The Morgan fingerprint density at radius 2 is 1.71 bits per heavy atom. The van der Waals surface area contributed by atoms with E-state index in [2.05, 4.69) is 53.4 Å². The van der Waals surface area contributed by atoms with E-state index in [1.165, 1.54) is 0 Å². The first-order chi connectivity index (χ1) is 18.4. The summed E-state index contributed by atoms with van der Waals surface area (Å²) in [4.78, 5) is 20.3. The van der Waals surface area contributed by atoms with Crippen LogP contribution in [0.15, 0.2) is 71.7 Å². The highest BCUT2D eigenvalue weighted by Crippen LogP contribution is 2.31. The third-order valence-electron chi connectivity index (χ3n) is 6.74. The van der Waals surface area contributed by atoms with Gasteiger partial charge in [-0.2, -0.15) is 0 Å². The smallest absolute Gasteiger partial charge is 0.197 e. The van der Waals surface area contributed by atoms with Crippen molar-refractivity contribution < 1.29 is 0 Å². The summed E-state index contributed by atoms with van der Waals surface area (Å²) in [6.45, 7) is 11.0. The molecule has 7 heteroatoms. The molecule has 196 valence electrons. The minimum atomic E-state index is 0.106. The number of nitrogens with one attached hydrogen (secondary N) is 2. The summed E-state index contributed by atoms with van der Waals surface area (Å²) in [6, 6.07) is 19.9. The molecule has 0 saturated heterocycles. The van der Waals surface area contributed by atoms with Crippen LogP contribution in [0.25, 0.3) is 31.1 Å². The molecule has 0 unspecified atom stereocenters. The molecule has 3 aromatic carbocycles. The van der Waals surface area contributed by atoms with Gasteiger partial charge in [-0.15, -0.1) is 11.3 Å². The zero-order valence-electron chi connectivity index (χ0n) is 22.1. The Hall–Kier alpha value is -3.19. The van der Waals surface area contributed by atoms with Crippen molar-refractivity contribution in [2.24, 2.45) is 5.92 Å². The van der Waals surface area contributed by atoms with Crippen LogP contribution in [0, 0.1) is 12.8 Å². The summed E-state index contributed by atoms with van der Waals surface area (Å²) < 4.78 is 2.10. The highest BCUT2D eigenvalue weighted by Gasteiger charge is 2.13. The number of pyridine rings is 1. The Morgan fingerprint density at radius 3 is 2.50 bits per heavy atom. The first-order valence-corrected chi connectivity index (χ1v) is 14.3. The van der Waals surface area contributed by atoms with Gasteiger partial charge in [0.05, 0.1) is 10.9 Å². The molecule has 0 saturated carbocycles. The van der Waals surface area contributed by atoms with Crippen molar-refractivity contribution in [3.63, 3.8) is 0 Å². The van der Waals surface area contributed by atoms with Crippen molar-refractivity contribution in [3.05, 3.63) is 87.7 Å². The molecule has 38 heavy (non-hydrogen) atoms. The van der Waals surface area contributed by atoms with Crippen LogP contribution >= 0.6 is 22.9 Å². The zero-order chi connectivity index (χ0) is 26.6. The zero-order valence-corrected chi connectivity index (χ0v) is 23.6. The molecular weight excluding hydrogens is 512 g/mol. The quantitative estimate of drug-likeness (QED) is 0.179. The minimum Gasteiger partial charge on any atom is -0.383 e. The average molecular weight is 545 g/mol. The van der Waals surface area contributed by atoms with E-state index in [-0.39, 0.29) is 5.43 Å². The number of hydrogen-bond donors (Lipinski definition) is 2. The summed E-state index contributed by atoms with van der Waals surface area (Å²) in [5.74, 6) is 0.556. The van der Waals surface area contributed by atoms with Gasteiger partial charge < -0.3 is 10.6 Å². The normalized spacial score (nSPS) is 11.7. The molecule has 0 atom stereocenters. The lowest BCUT2D eigenvalue weighted by molar-refractivity contribution is 0.262. The highest BCUT2D eigenvalue weighted by atomic mass is 35.5. The molecule has 0 radical (unpaired) electrons. The second-order valence-corrected chi connectivity index (χ2v) is 11.6. The number of hydrogen-bond acceptors (Lipinski definition) is 6. The summed E-state index contributed by atoms with van der Waals surface area (Å²) in [5.41, 5.74) is 4.12. The fourth-order valence-electron chi connectivity index (χ4n) is 4.96. The number of nitrogens with zero attached hydrogens (tertiary/aromatic N) is 2. The van der Waals surface area contributed by atoms with Crippen LogP contribution in [0.3, 0.4) is 0 Å². The van der Waals surface area contributed by atoms with Crippen LogP contribution in [0.5, 0.6) is 0 Å². The van der Waals surface area contributed by atoms with Gasteiger partial charge in [-0.1, -0.05) is 43.6 Å². The summed E-state index contributed by atoms with van der Waals surface area (Å²) in [7, 11) is 0. The van der Waals surface area contributed by atoms with E-state index in [1.807, 2.05) is 54.7 Å². The fourth-order valence-corrected chi connectivity index (χ4v) is 6.30. The minimum absolute atomic E-state index is 0.106. The molecule has 2 N–H and O–H groups in total. The number of aromatic nitrogens is 1. The number of fused-ring (bicyclic) bond motifs is 3. The lowest BCUT2D eigenvalue weighted by atomic mass is 10.1. The van der Waals surface area contributed by atoms with Crippen LogP contribution in [-0.2, 0) is 0 Å². The van der Waals surface area contributed by atoms with Gasteiger partial charge in [0.15, 0.2) is 5.43 Å². The van der Waals surface area contributed by atoms with Gasteiger partial charge in [0.25, 0.3) is 0 Å². The molecule has 0 aliphatic carbocycles. The van der Waals surface area contributed by atoms with Gasteiger partial charge in [0, 0.05) is 75.5 Å². The molecule has 5 nitrogen and oxygen atoms in total. The molecule has 0 aliphatic heterocycles. The van der Waals surface area contributed by atoms with E-state index in [1.54, 1.807) is 11.3 Å². The number of halogens is 1. The lowest BCUT2D eigenvalue weighted by Crippen LogP contribution is -2.36. The Labute approximate surface area is 232 Å². The van der Waals surface area contributed by atoms with Crippen molar-refractivity contribution in [2.75, 3.05) is 43.4 Å². The molecule has 0 fully saturated rings. The monoisotopic (exact) mass is 544 g/mol. The van der Waals surface area contributed by atoms with Crippen LogP contribution in [-0.4, -0.2) is 42.6 Å². The van der Waals surface area contributed by atoms with Crippen LogP contribution in [0.1, 0.15) is 19.4 Å². The predicted octanol–water partition coefficient (Wildman–Crippen LogP) is 7.41. The van der Waals surface area contributed by atoms with E-state index >= 15 is 0 Å². The molecule has 0 spiro atoms. The SMILES string of the molecule is Cc1ccc(NCCN(CCNc2ccnc3cc(Cl)ccc23)CC(C)C)c2c(=O)c3ccccc3sc12. The fraction of sp³-hybridized carbons (Fsp3) is 0.290. The summed E-state index contributed by atoms with van der Waals surface area (Å²) >= 11 is 7.84. The number of anilines is 2. The van der Waals surface area contributed by atoms with Crippen molar-refractivity contribution in [1.29, 1.82) is 0 Å². The van der Waals surface area contributed by atoms with Crippen molar-refractivity contribution in [3.8, 4) is 0 Å².